The molecule has 0 fully saturated rings. The summed E-state index contributed by atoms with van der Waals surface area (Å²) < 4.78 is 11.2. The molecule has 0 aliphatic rings. The maximum Gasteiger partial charge on any atom is 0.236 e. The van der Waals surface area contributed by atoms with Gasteiger partial charge in [0.1, 0.15) is 16.8 Å². The fourth-order valence-electron chi connectivity index (χ4n) is 6.62. The Labute approximate surface area is 249 Å². The monoisotopic (exact) mass is 567 g/mol. The van der Waals surface area contributed by atoms with Crippen molar-refractivity contribution in [2.24, 2.45) is 0 Å². The lowest BCUT2D eigenvalue weighted by atomic mass is 10.1. The maximum absolute atomic E-state index is 6.49. The average molecular weight is 568 g/mol. The van der Waals surface area contributed by atoms with Crippen LogP contribution < -0.4 is 0 Å². The molecule has 10 rings (SSSR count). The van der Waals surface area contributed by atoms with Crippen LogP contribution in [0.2, 0.25) is 0 Å². The van der Waals surface area contributed by atoms with E-state index in [1.165, 1.54) is 41.7 Å². The Morgan fingerprint density at radius 1 is 0.535 bits per heavy atom. The SMILES string of the molecule is c1ccc2cc3c(cc2c1)c1ccccc1n3-c1nc(-c2ccc3sc4ccccc4c3c2)c2oc3ccccc3c2n1. The predicted molar refractivity (Wildman–Crippen MR) is 179 cm³/mol. The molecule has 0 saturated carbocycles. The summed E-state index contributed by atoms with van der Waals surface area (Å²) in [7, 11) is 0. The first kappa shape index (κ1) is 23.1. The van der Waals surface area contributed by atoms with E-state index in [0.29, 0.717) is 11.5 Å². The van der Waals surface area contributed by atoms with Crippen LogP contribution in [0.25, 0.3) is 92.0 Å². The van der Waals surface area contributed by atoms with Crippen LogP contribution in [0.4, 0.5) is 0 Å². The number of thiophene rings is 1. The topological polar surface area (TPSA) is 43.9 Å². The number of aromatic nitrogens is 3. The molecule has 0 amide bonds. The average Bonchev–Trinajstić information content (AvgIpc) is 3.72. The van der Waals surface area contributed by atoms with Gasteiger partial charge in [-0.15, -0.1) is 11.3 Å². The van der Waals surface area contributed by atoms with Crippen molar-refractivity contribution >= 4 is 86.2 Å². The van der Waals surface area contributed by atoms with E-state index in [2.05, 4.69) is 114 Å². The zero-order valence-electron chi connectivity index (χ0n) is 22.8. The van der Waals surface area contributed by atoms with Crippen molar-refractivity contribution < 1.29 is 4.42 Å². The van der Waals surface area contributed by atoms with Gasteiger partial charge in [-0.2, -0.15) is 0 Å². The molecule has 5 heteroatoms. The lowest BCUT2D eigenvalue weighted by Crippen LogP contribution is -2.02. The van der Waals surface area contributed by atoms with Crippen molar-refractivity contribution in [3.8, 4) is 17.2 Å². The Hall–Kier alpha value is -5.52. The van der Waals surface area contributed by atoms with E-state index in [1.807, 2.05) is 29.5 Å². The summed E-state index contributed by atoms with van der Waals surface area (Å²) in [6.07, 6.45) is 0. The van der Waals surface area contributed by atoms with Gasteiger partial charge in [0.25, 0.3) is 0 Å². The fourth-order valence-corrected chi connectivity index (χ4v) is 7.71. The summed E-state index contributed by atoms with van der Waals surface area (Å²) in [6, 6.07) is 44.9. The quantitative estimate of drug-likeness (QED) is 0.209. The van der Waals surface area contributed by atoms with Crippen molar-refractivity contribution in [2.75, 3.05) is 0 Å². The third-order valence-corrected chi connectivity index (χ3v) is 9.75. The van der Waals surface area contributed by atoms with Crippen molar-refractivity contribution in [2.45, 2.75) is 0 Å². The smallest absolute Gasteiger partial charge is 0.236 e. The van der Waals surface area contributed by atoms with E-state index in [9.17, 15) is 0 Å². The molecule has 0 unspecified atom stereocenters. The summed E-state index contributed by atoms with van der Waals surface area (Å²) in [6.45, 7) is 0. The first-order chi connectivity index (χ1) is 21.3. The lowest BCUT2D eigenvalue weighted by Gasteiger charge is -2.10. The van der Waals surface area contributed by atoms with Gasteiger partial charge >= 0.3 is 0 Å². The first-order valence-corrected chi connectivity index (χ1v) is 15.2. The lowest BCUT2D eigenvalue weighted by molar-refractivity contribution is 0.666. The summed E-state index contributed by atoms with van der Waals surface area (Å²) in [5.41, 5.74) is 6.28. The molecule has 10 aromatic rings. The molecule has 200 valence electrons. The molecule has 4 heterocycles. The molecule has 4 nitrogen and oxygen atoms in total. The number of para-hydroxylation sites is 2. The number of rotatable bonds is 2. The number of hydrogen-bond donors (Lipinski definition) is 0. The van der Waals surface area contributed by atoms with Crippen molar-refractivity contribution in [3.63, 3.8) is 0 Å². The highest BCUT2D eigenvalue weighted by molar-refractivity contribution is 7.25. The van der Waals surface area contributed by atoms with Gasteiger partial charge in [-0.3, -0.25) is 4.57 Å². The third kappa shape index (κ3) is 3.25. The Morgan fingerprint density at radius 2 is 1.26 bits per heavy atom. The van der Waals surface area contributed by atoms with Crippen LogP contribution in [0, 0.1) is 0 Å². The number of nitrogens with zero attached hydrogens (tertiary/aromatic N) is 3. The Morgan fingerprint density at radius 3 is 2.16 bits per heavy atom. The molecule has 0 spiro atoms. The fraction of sp³-hybridized carbons (Fsp3) is 0. The first-order valence-electron chi connectivity index (χ1n) is 14.3. The summed E-state index contributed by atoms with van der Waals surface area (Å²) in [5, 5.41) is 8.23. The summed E-state index contributed by atoms with van der Waals surface area (Å²) in [5.74, 6) is 0.630. The minimum absolute atomic E-state index is 0.630. The highest BCUT2D eigenvalue weighted by Crippen LogP contribution is 2.40. The molecule has 0 aliphatic carbocycles. The summed E-state index contributed by atoms with van der Waals surface area (Å²) >= 11 is 1.82. The zero-order chi connectivity index (χ0) is 28.1. The van der Waals surface area contributed by atoms with Crippen LogP contribution in [0.1, 0.15) is 0 Å². The van der Waals surface area contributed by atoms with Crippen molar-refractivity contribution in [1.29, 1.82) is 0 Å². The number of benzene rings is 6. The van der Waals surface area contributed by atoms with Crippen LogP contribution in [0.3, 0.4) is 0 Å². The Kier molecular flexibility index (Phi) is 4.57. The van der Waals surface area contributed by atoms with Crippen LogP contribution in [-0.2, 0) is 0 Å². The largest absolute Gasteiger partial charge is 0.452 e. The Bertz CT molecular complexity index is 2750. The standard InChI is InChI=1S/C38H21N3OS/c1-2-10-23-21-31-28(19-22(23)9-1)25-11-3-6-14-30(25)41(31)38-39-35(37-36(40-38)27-13-4-7-15-32(27)42-37)24-17-18-34-29(20-24)26-12-5-8-16-33(26)43-34/h1-21H. The van der Waals surface area contributed by atoms with Crippen LogP contribution in [0.5, 0.6) is 0 Å². The maximum atomic E-state index is 6.49. The second-order valence-electron chi connectivity index (χ2n) is 11.0. The molecular formula is C38H21N3OS. The molecule has 0 radical (unpaired) electrons. The minimum atomic E-state index is 0.630. The second-order valence-corrected chi connectivity index (χ2v) is 12.1. The molecule has 0 aliphatic heterocycles. The van der Waals surface area contributed by atoms with Crippen LogP contribution >= 0.6 is 11.3 Å². The van der Waals surface area contributed by atoms with Gasteiger partial charge in [-0.1, -0.05) is 78.9 Å². The van der Waals surface area contributed by atoms with E-state index >= 15 is 0 Å². The van der Waals surface area contributed by atoms with Crippen molar-refractivity contribution in [1.82, 2.24) is 14.5 Å². The van der Waals surface area contributed by atoms with Gasteiger partial charge in [0, 0.05) is 41.9 Å². The minimum Gasteiger partial charge on any atom is -0.452 e. The van der Waals surface area contributed by atoms with Crippen LogP contribution in [-0.4, -0.2) is 14.5 Å². The van der Waals surface area contributed by atoms with E-state index < -0.39 is 0 Å². The molecule has 0 N–H and O–H groups in total. The van der Waals surface area contributed by atoms with Crippen LogP contribution in [0.15, 0.2) is 132 Å². The molecular weight excluding hydrogens is 547 g/mol. The predicted octanol–water partition coefficient (Wildman–Crippen LogP) is 10.7. The Balaban J connectivity index is 1.34. The number of fused-ring (bicyclic) bond motifs is 10. The van der Waals surface area contributed by atoms with Gasteiger partial charge in [0.2, 0.25) is 5.95 Å². The van der Waals surface area contributed by atoms with Gasteiger partial charge in [-0.05, 0) is 59.3 Å². The molecule has 6 aromatic carbocycles. The highest BCUT2D eigenvalue weighted by Gasteiger charge is 2.21. The van der Waals surface area contributed by atoms with Crippen molar-refractivity contribution in [3.05, 3.63) is 127 Å². The van der Waals surface area contributed by atoms with E-state index in [1.54, 1.807) is 0 Å². The molecule has 4 aromatic heterocycles. The van der Waals surface area contributed by atoms with E-state index in [0.717, 1.165) is 38.8 Å². The number of furan rings is 1. The molecule has 0 bridgehead atoms. The zero-order valence-corrected chi connectivity index (χ0v) is 23.6. The normalized spacial score (nSPS) is 12.2. The van der Waals surface area contributed by atoms with Gasteiger partial charge in [0.15, 0.2) is 5.58 Å². The van der Waals surface area contributed by atoms with Gasteiger partial charge in [0.05, 0.1) is 11.0 Å². The van der Waals surface area contributed by atoms with Gasteiger partial charge in [-0.25, -0.2) is 9.97 Å². The molecule has 0 saturated heterocycles. The second kappa shape index (κ2) is 8.51. The molecule has 43 heavy (non-hydrogen) atoms. The number of hydrogen-bond acceptors (Lipinski definition) is 4. The van der Waals surface area contributed by atoms with E-state index in [4.69, 9.17) is 14.4 Å². The molecule has 0 atom stereocenters. The highest BCUT2D eigenvalue weighted by atomic mass is 32.1. The van der Waals surface area contributed by atoms with E-state index in [-0.39, 0.29) is 0 Å². The van der Waals surface area contributed by atoms with Gasteiger partial charge < -0.3 is 4.42 Å². The summed E-state index contributed by atoms with van der Waals surface area (Å²) in [4.78, 5) is 10.6. The third-order valence-electron chi connectivity index (χ3n) is 8.60.